The van der Waals surface area contributed by atoms with E-state index in [1.807, 2.05) is 23.6 Å². The Morgan fingerprint density at radius 3 is 2.77 bits per heavy atom. The summed E-state index contributed by atoms with van der Waals surface area (Å²) < 4.78 is 27.1. The van der Waals surface area contributed by atoms with E-state index in [0.717, 1.165) is 10.6 Å². The fourth-order valence-electron chi connectivity index (χ4n) is 1.76. The van der Waals surface area contributed by atoms with Crippen molar-refractivity contribution in [1.82, 2.24) is 4.98 Å². The lowest BCUT2D eigenvalue weighted by molar-refractivity contribution is 0.601. The first-order valence-corrected chi connectivity index (χ1v) is 9.35. The number of hydrogen-bond donors (Lipinski definition) is 1. The maximum Gasteiger partial charge on any atom is 0.263 e. The molecule has 5 nitrogen and oxygen atoms in total. The summed E-state index contributed by atoms with van der Waals surface area (Å²) in [7, 11) is -3.75. The molecule has 1 N–H and O–H groups in total. The summed E-state index contributed by atoms with van der Waals surface area (Å²) in [6, 6.07) is 11.6. The number of sulfonamides is 1. The number of nitriles is 1. The Labute approximate surface area is 135 Å². The second kappa shape index (κ2) is 5.88. The highest BCUT2D eigenvalue weighted by atomic mass is 32.2. The van der Waals surface area contributed by atoms with Crippen LogP contribution in [-0.2, 0) is 10.0 Å². The molecule has 0 fully saturated rings. The minimum absolute atomic E-state index is 0.0411. The van der Waals surface area contributed by atoms with Crippen LogP contribution in [0.25, 0.3) is 10.6 Å². The number of thiophene rings is 1. The normalized spacial score (nSPS) is 11.0. The summed E-state index contributed by atoms with van der Waals surface area (Å²) in [6.07, 6.45) is 0. The van der Waals surface area contributed by atoms with Crippen molar-refractivity contribution in [2.24, 2.45) is 0 Å². The van der Waals surface area contributed by atoms with E-state index in [2.05, 4.69) is 9.71 Å². The maximum atomic E-state index is 12.3. The number of thiazole rings is 1. The van der Waals surface area contributed by atoms with Gasteiger partial charge in [0.05, 0.1) is 27.1 Å². The zero-order chi connectivity index (χ0) is 15.6. The Hall–Kier alpha value is -2.21. The average Bonchev–Trinajstić information content (AvgIpc) is 3.18. The Morgan fingerprint density at radius 2 is 2.05 bits per heavy atom. The van der Waals surface area contributed by atoms with Gasteiger partial charge in [0.2, 0.25) is 0 Å². The van der Waals surface area contributed by atoms with E-state index < -0.39 is 10.0 Å². The highest BCUT2D eigenvalue weighted by Gasteiger charge is 2.17. The standard InChI is InChI=1S/C14H9N3O2S3/c15-8-10-3-1-4-11(7-10)22(18,19)17-14-16-12(9-21-14)13-5-2-6-20-13/h1-7,9H,(H,16,17). The van der Waals surface area contributed by atoms with Crippen LogP contribution < -0.4 is 4.72 Å². The number of rotatable bonds is 4. The van der Waals surface area contributed by atoms with Crippen molar-refractivity contribution in [2.75, 3.05) is 4.72 Å². The van der Waals surface area contributed by atoms with E-state index in [4.69, 9.17) is 5.26 Å². The molecule has 8 heteroatoms. The first-order valence-electron chi connectivity index (χ1n) is 6.11. The highest BCUT2D eigenvalue weighted by molar-refractivity contribution is 7.93. The van der Waals surface area contributed by atoms with E-state index in [0.29, 0.717) is 10.7 Å². The fraction of sp³-hybridized carbons (Fsp3) is 0. The van der Waals surface area contributed by atoms with Gasteiger partial charge in [-0.25, -0.2) is 13.4 Å². The molecule has 0 amide bonds. The smallest absolute Gasteiger partial charge is 0.255 e. The van der Waals surface area contributed by atoms with Crippen molar-refractivity contribution in [2.45, 2.75) is 4.90 Å². The first-order chi connectivity index (χ1) is 10.6. The monoisotopic (exact) mass is 347 g/mol. The van der Waals surface area contributed by atoms with Gasteiger partial charge in [0.25, 0.3) is 10.0 Å². The summed E-state index contributed by atoms with van der Waals surface area (Å²) >= 11 is 2.76. The average molecular weight is 347 g/mol. The van der Waals surface area contributed by atoms with Gasteiger partial charge in [-0.1, -0.05) is 12.1 Å². The molecule has 0 aliphatic rings. The molecule has 0 aliphatic heterocycles. The molecule has 0 atom stereocenters. The summed E-state index contributed by atoms with van der Waals surface area (Å²) in [6.45, 7) is 0. The molecule has 110 valence electrons. The topological polar surface area (TPSA) is 82.8 Å². The zero-order valence-corrected chi connectivity index (χ0v) is 13.5. The van der Waals surface area contributed by atoms with Gasteiger partial charge in [-0.15, -0.1) is 22.7 Å². The molecule has 0 spiro atoms. The van der Waals surface area contributed by atoms with Gasteiger partial charge in [0.15, 0.2) is 5.13 Å². The maximum absolute atomic E-state index is 12.3. The van der Waals surface area contributed by atoms with Crippen molar-refractivity contribution in [3.8, 4) is 16.6 Å². The van der Waals surface area contributed by atoms with Crippen LogP contribution >= 0.6 is 22.7 Å². The van der Waals surface area contributed by atoms with Crippen LogP contribution in [0.15, 0.2) is 52.1 Å². The van der Waals surface area contributed by atoms with Crippen molar-refractivity contribution in [3.05, 3.63) is 52.7 Å². The third-order valence-electron chi connectivity index (χ3n) is 2.77. The predicted molar refractivity (Wildman–Crippen MR) is 87.4 cm³/mol. The molecule has 2 heterocycles. The number of anilines is 1. The second-order valence-corrected chi connectivity index (χ2v) is 7.75. The molecule has 0 saturated carbocycles. The van der Waals surface area contributed by atoms with E-state index in [-0.39, 0.29) is 4.90 Å². The van der Waals surface area contributed by atoms with Gasteiger partial charge in [-0.05, 0) is 29.6 Å². The molecule has 1 aromatic carbocycles. The van der Waals surface area contributed by atoms with Crippen LogP contribution in [0.2, 0.25) is 0 Å². The lowest BCUT2D eigenvalue weighted by atomic mass is 10.2. The highest BCUT2D eigenvalue weighted by Crippen LogP contribution is 2.29. The molecular weight excluding hydrogens is 338 g/mol. The van der Waals surface area contributed by atoms with Crippen LogP contribution in [0.5, 0.6) is 0 Å². The van der Waals surface area contributed by atoms with Crippen molar-refractivity contribution < 1.29 is 8.42 Å². The molecule has 3 aromatic rings. The van der Waals surface area contributed by atoms with Gasteiger partial charge >= 0.3 is 0 Å². The largest absolute Gasteiger partial charge is 0.263 e. The molecule has 0 unspecified atom stereocenters. The van der Waals surface area contributed by atoms with Gasteiger partial charge in [0.1, 0.15) is 0 Å². The Morgan fingerprint density at radius 1 is 1.18 bits per heavy atom. The first kappa shape index (κ1) is 14.7. The minimum atomic E-state index is -3.75. The summed E-state index contributed by atoms with van der Waals surface area (Å²) in [5, 5.41) is 12.9. The van der Waals surface area contributed by atoms with Crippen LogP contribution in [0.1, 0.15) is 5.56 Å². The van der Waals surface area contributed by atoms with Crippen molar-refractivity contribution in [3.63, 3.8) is 0 Å². The Kier molecular flexibility index (Phi) is 3.94. The lowest BCUT2D eigenvalue weighted by Gasteiger charge is -2.05. The van der Waals surface area contributed by atoms with E-state index in [9.17, 15) is 8.42 Å². The van der Waals surface area contributed by atoms with E-state index in [1.54, 1.807) is 11.4 Å². The molecule has 0 bridgehead atoms. The number of aromatic nitrogens is 1. The third-order valence-corrected chi connectivity index (χ3v) is 5.89. The van der Waals surface area contributed by atoms with Gasteiger partial charge in [-0.2, -0.15) is 5.26 Å². The lowest BCUT2D eigenvalue weighted by Crippen LogP contribution is -2.12. The summed E-state index contributed by atoms with van der Waals surface area (Å²) in [5.41, 5.74) is 1.03. The van der Waals surface area contributed by atoms with Crippen LogP contribution in [0.4, 0.5) is 5.13 Å². The zero-order valence-electron chi connectivity index (χ0n) is 11.1. The summed E-state index contributed by atoms with van der Waals surface area (Å²) in [4.78, 5) is 5.30. The van der Waals surface area contributed by atoms with Gasteiger partial charge < -0.3 is 0 Å². The Bertz CT molecular complexity index is 938. The number of nitrogens with one attached hydrogen (secondary N) is 1. The predicted octanol–water partition coefficient (Wildman–Crippen LogP) is 3.54. The third kappa shape index (κ3) is 3.01. The second-order valence-electron chi connectivity index (χ2n) is 4.26. The molecule has 3 rings (SSSR count). The SMILES string of the molecule is N#Cc1cccc(S(=O)(=O)Nc2nc(-c3cccs3)cs2)c1. The van der Waals surface area contributed by atoms with E-state index in [1.165, 1.54) is 40.9 Å². The molecule has 22 heavy (non-hydrogen) atoms. The van der Waals surface area contributed by atoms with Crippen LogP contribution in [-0.4, -0.2) is 13.4 Å². The van der Waals surface area contributed by atoms with Crippen LogP contribution in [0, 0.1) is 11.3 Å². The molecule has 0 radical (unpaired) electrons. The van der Waals surface area contributed by atoms with Crippen LogP contribution in [0.3, 0.4) is 0 Å². The number of hydrogen-bond acceptors (Lipinski definition) is 6. The molecule has 0 saturated heterocycles. The van der Waals surface area contributed by atoms with E-state index >= 15 is 0 Å². The molecule has 2 aromatic heterocycles. The van der Waals surface area contributed by atoms with Gasteiger partial charge in [0, 0.05) is 5.38 Å². The Balaban J connectivity index is 1.87. The quantitative estimate of drug-likeness (QED) is 0.782. The van der Waals surface area contributed by atoms with Crippen molar-refractivity contribution in [1.29, 1.82) is 5.26 Å². The fourth-order valence-corrected chi connectivity index (χ4v) is 4.53. The minimum Gasteiger partial charge on any atom is -0.255 e. The number of nitrogens with zero attached hydrogens (tertiary/aromatic N) is 2. The summed E-state index contributed by atoms with van der Waals surface area (Å²) in [5.74, 6) is 0. The molecule has 0 aliphatic carbocycles. The molecular formula is C14H9N3O2S3. The number of benzene rings is 1. The van der Waals surface area contributed by atoms with Crippen molar-refractivity contribution >= 4 is 37.8 Å². The van der Waals surface area contributed by atoms with Gasteiger partial charge in [-0.3, -0.25) is 4.72 Å².